The lowest BCUT2D eigenvalue weighted by molar-refractivity contribution is -0.138. The number of alkyl halides is 2. The van der Waals surface area contributed by atoms with E-state index in [1.807, 2.05) is 0 Å². The van der Waals surface area contributed by atoms with Crippen molar-refractivity contribution < 1.29 is 23.1 Å². The molecule has 0 spiro atoms. The molecule has 0 aliphatic carbocycles. The van der Waals surface area contributed by atoms with E-state index in [0.717, 1.165) is 18.2 Å². The summed E-state index contributed by atoms with van der Waals surface area (Å²) in [6.45, 7) is 0. The normalized spacial score (nSPS) is 12.9. The minimum atomic E-state index is -3.09. The number of benzene rings is 1. The Labute approximate surface area is 83.3 Å². The first-order chi connectivity index (χ1) is 6.95. The molecule has 0 aliphatic heterocycles. The third-order valence-electron chi connectivity index (χ3n) is 1.91. The van der Waals surface area contributed by atoms with E-state index < -0.39 is 35.4 Å². The van der Waals surface area contributed by atoms with Crippen molar-refractivity contribution in [2.24, 2.45) is 5.73 Å². The fourth-order valence-electron chi connectivity index (χ4n) is 1.19. The molecule has 3 N–H and O–H groups in total. The van der Waals surface area contributed by atoms with Crippen LogP contribution in [0.5, 0.6) is 0 Å². The molecule has 0 aromatic heterocycles. The molecule has 3 nitrogen and oxygen atoms in total. The Hall–Kier alpha value is -1.56. The van der Waals surface area contributed by atoms with E-state index in [0.29, 0.717) is 0 Å². The lowest BCUT2D eigenvalue weighted by Gasteiger charge is -2.12. The minimum Gasteiger partial charge on any atom is -0.480 e. The molecule has 0 bridgehead atoms. The molecule has 6 heteroatoms. The van der Waals surface area contributed by atoms with Crippen LogP contribution < -0.4 is 5.73 Å². The van der Waals surface area contributed by atoms with E-state index in [4.69, 9.17) is 10.8 Å². The summed E-state index contributed by atoms with van der Waals surface area (Å²) in [5.41, 5.74) is 3.79. The Kier molecular flexibility index (Phi) is 3.31. The van der Waals surface area contributed by atoms with Crippen LogP contribution in [0.25, 0.3) is 0 Å². The summed E-state index contributed by atoms with van der Waals surface area (Å²) in [5.74, 6) is -2.64. The van der Waals surface area contributed by atoms with Crippen LogP contribution >= 0.6 is 0 Å². The second kappa shape index (κ2) is 4.31. The van der Waals surface area contributed by atoms with Crippen LogP contribution in [0, 0.1) is 5.82 Å². The van der Waals surface area contributed by atoms with Crippen LogP contribution in [-0.4, -0.2) is 11.1 Å². The van der Waals surface area contributed by atoms with E-state index in [1.54, 1.807) is 0 Å². The first-order valence-electron chi connectivity index (χ1n) is 4.00. The van der Waals surface area contributed by atoms with E-state index in [9.17, 15) is 18.0 Å². The van der Waals surface area contributed by atoms with Gasteiger partial charge in [0.15, 0.2) is 0 Å². The number of carboxylic acids is 1. The maximum atomic E-state index is 13.0. The minimum absolute atomic E-state index is 0.405. The number of aliphatic carboxylic acids is 1. The number of hydrogen-bond donors (Lipinski definition) is 2. The first-order valence-corrected chi connectivity index (χ1v) is 4.00. The topological polar surface area (TPSA) is 63.3 Å². The van der Waals surface area contributed by atoms with Crippen LogP contribution in [0.15, 0.2) is 18.2 Å². The Bertz CT molecular complexity index is 382. The molecule has 1 aromatic rings. The molecule has 0 aliphatic rings. The van der Waals surface area contributed by atoms with Crippen molar-refractivity contribution in [3.8, 4) is 0 Å². The lowest BCUT2D eigenvalue weighted by Crippen LogP contribution is -2.22. The zero-order valence-corrected chi connectivity index (χ0v) is 7.45. The monoisotopic (exact) mass is 219 g/mol. The van der Waals surface area contributed by atoms with Crippen molar-refractivity contribution in [2.75, 3.05) is 0 Å². The van der Waals surface area contributed by atoms with Gasteiger partial charge in [0.2, 0.25) is 0 Å². The molecule has 1 atom stereocenters. The molecule has 1 unspecified atom stereocenters. The second-order valence-corrected chi connectivity index (χ2v) is 2.86. The van der Waals surface area contributed by atoms with Crippen molar-refractivity contribution in [1.29, 1.82) is 0 Å². The molecule has 1 aromatic carbocycles. The molecule has 82 valence electrons. The Morgan fingerprint density at radius 1 is 1.40 bits per heavy atom. The maximum absolute atomic E-state index is 13.0. The number of carbonyl (C=O) groups is 1. The standard InChI is InChI=1S/C9H8F3NO2/c10-5-3-1-2-4(6(5)8(11)12)7(13)9(14)15/h1-3,7-8H,13H2,(H,14,15). The third-order valence-corrected chi connectivity index (χ3v) is 1.91. The number of hydrogen-bond acceptors (Lipinski definition) is 2. The highest BCUT2D eigenvalue weighted by molar-refractivity contribution is 5.75. The van der Waals surface area contributed by atoms with Gasteiger partial charge in [-0.2, -0.15) is 0 Å². The Morgan fingerprint density at radius 3 is 2.47 bits per heavy atom. The smallest absolute Gasteiger partial charge is 0.325 e. The summed E-state index contributed by atoms with van der Waals surface area (Å²) in [6, 6.07) is 1.40. The average Bonchev–Trinajstić information content (AvgIpc) is 2.15. The fraction of sp³-hybridized carbons (Fsp3) is 0.222. The molecule has 1 rings (SSSR count). The van der Waals surface area contributed by atoms with Crippen molar-refractivity contribution in [2.45, 2.75) is 12.5 Å². The predicted molar refractivity (Wildman–Crippen MR) is 45.9 cm³/mol. The van der Waals surface area contributed by atoms with Gasteiger partial charge in [0.05, 0.1) is 5.56 Å². The highest BCUT2D eigenvalue weighted by atomic mass is 19.3. The number of halogens is 3. The highest BCUT2D eigenvalue weighted by Crippen LogP contribution is 2.29. The molecule has 0 fully saturated rings. The number of rotatable bonds is 3. The predicted octanol–water partition coefficient (Wildman–Crippen LogP) is 1.85. The Balaban J connectivity index is 3.28. The summed E-state index contributed by atoms with van der Waals surface area (Å²) in [7, 11) is 0. The van der Waals surface area contributed by atoms with Crippen molar-refractivity contribution in [1.82, 2.24) is 0 Å². The summed E-state index contributed by atoms with van der Waals surface area (Å²) < 4.78 is 37.8. The second-order valence-electron chi connectivity index (χ2n) is 2.86. The number of carboxylic acid groups (broad SMARTS) is 1. The molecular weight excluding hydrogens is 211 g/mol. The molecule has 15 heavy (non-hydrogen) atoms. The van der Waals surface area contributed by atoms with Gasteiger partial charge in [-0.1, -0.05) is 12.1 Å². The maximum Gasteiger partial charge on any atom is 0.325 e. The third kappa shape index (κ3) is 2.27. The number of nitrogens with two attached hydrogens (primary N) is 1. The van der Waals surface area contributed by atoms with Gasteiger partial charge in [-0.15, -0.1) is 0 Å². The van der Waals surface area contributed by atoms with Crippen molar-refractivity contribution >= 4 is 5.97 Å². The highest BCUT2D eigenvalue weighted by Gasteiger charge is 2.25. The molecule has 0 saturated carbocycles. The molecule has 0 heterocycles. The van der Waals surface area contributed by atoms with Crippen LogP contribution in [0.2, 0.25) is 0 Å². The first kappa shape index (κ1) is 11.5. The summed E-state index contributed by atoms with van der Waals surface area (Å²) in [4.78, 5) is 10.5. The summed E-state index contributed by atoms with van der Waals surface area (Å²) in [5, 5.41) is 8.54. The van der Waals surface area contributed by atoms with E-state index in [1.165, 1.54) is 0 Å². The van der Waals surface area contributed by atoms with Crippen molar-refractivity contribution in [3.63, 3.8) is 0 Å². The molecule has 0 radical (unpaired) electrons. The van der Waals surface area contributed by atoms with Gasteiger partial charge in [0.1, 0.15) is 11.9 Å². The van der Waals surface area contributed by atoms with Crippen molar-refractivity contribution in [3.05, 3.63) is 35.1 Å². The van der Waals surface area contributed by atoms with Gasteiger partial charge in [-0.25, -0.2) is 13.2 Å². The SMILES string of the molecule is NC(C(=O)O)c1cccc(F)c1C(F)F. The van der Waals surface area contributed by atoms with E-state index in [-0.39, 0.29) is 0 Å². The quantitative estimate of drug-likeness (QED) is 0.815. The molecule has 0 saturated heterocycles. The summed E-state index contributed by atoms with van der Waals surface area (Å²) in [6.07, 6.45) is -3.09. The zero-order valence-electron chi connectivity index (χ0n) is 7.45. The lowest BCUT2D eigenvalue weighted by atomic mass is 10.0. The van der Waals surface area contributed by atoms with Crippen LogP contribution in [-0.2, 0) is 4.79 Å². The van der Waals surface area contributed by atoms with Gasteiger partial charge in [-0.05, 0) is 11.6 Å². The zero-order chi connectivity index (χ0) is 11.6. The van der Waals surface area contributed by atoms with Crippen LogP contribution in [0.3, 0.4) is 0 Å². The summed E-state index contributed by atoms with van der Waals surface area (Å²) >= 11 is 0. The largest absolute Gasteiger partial charge is 0.480 e. The average molecular weight is 219 g/mol. The van der Waals surface area contributed by atoms with E-state index in [2.05, 4.69) is 0 Å². The fourth-order valence-corrected chi connectivity index (χ4v) is 1.19. The van der Waals surface area contributed by atoms with Gasteiger partial charge >= 0.3 is 5.97 Å². The van der Waals surface area contributed by atoms with Gasteiger partial charge in [0.25, 0.3) is 6.43 Å². The van der Waals surface area contributed by atoms with Crippen LogP contribution in [0.1, 0.15) is 23.6 Å². The molecular formula is C9H8F3NO2. The Morgan fingerprint density at radius 2 is 2.00 bits per heavy atom. The van der Waals surface area contributed by atoms with Gasteiger partial charge in [-0.3, -0.25) is 4.79 Å². The van der Waals surface area contributed by atoms with Gasteiger partial charge < -0.3 is 10.8 Å². The van der Waals surface area contributed by atoms with Gasteiger partial charge in [0, 0.05) is 0 Å². The van der Waals surface area contributed by atoms with Crippen LogP contribution in [0.4, 0.5) is 13.2 Å². The molecule has 0 amide bonds. The van der Waals surface area contributed by atoms with E-state index >= 15 is 0 Å².